The Morgan fingerprint density at radius 3 is 2.04 bits per heavy atom. The summed E-state index contributed by atoms with van der Waals surface area (Å²) in [5.41, 5.74) is 2.16. The summed E-state index contributed by atoms with van der Waals surface area (Å²) in [5, 5.41) is 0. The van der Waals surface area contributed by atoms with E-state index >= 15 is 0 Å². The van der Waals surface area contributed by atoms with E-state index in [1.165, 1.54) is 6.08 Å². The fourth-order valence-electron chi connectivity index (χ4n) is 2.53. The van der Waals surface area contributed by atoms with Gasteiger partial charge in [-0.05, 0) is 43.3 Å². The molecule has 0 aromatic heterocycles. The first-order valence-corrected chi connectivity index (χ1v) is 7.71. The maximum absolute atomic E-state index is 12.5. The van der Waals surface area contributed by atoms with Gasteiger partial charge < -0.3 is 18.9 Å². The predicted octanol–water partition coefficient (Wildman–Crippen LogP) is 3.93. The van der Waals surface area contributed by atoms with Crippen LogP contribution in [-0.4, -0.2) is 34.2 Å². The third kappa shape index (κ3) is 4.12. The van der Waals surface area contributed by atoms with Gasteiger partial charge in [0.2, 0.25) is 0 Å². The lowest BCUT2D eigenvalue weighted by atomic mass is 10.1. The van der Waals surface area contributed by atoms with Gasteiger partial charge in [0.25, 0.3) is 0 Å². The van der Waals surface area contributed by atoms with Crippen molar-refractivity contribution in [3.8, 4) is 23.0 Å². The number of ether oxygens (including phenoxy) is 4. The van der Waals surface area contributed by atoms with E-state index < -0.39 is 0 Å². The van der Waals surface area contributed by atoms with Crippen molar-refractivity contribution in [1.82, 2.24) is 0 Å². The van der Waals surface area contributed by atoms with Gasteiger partial charge in [-0.1, -0.05) is 0 Å². The van der Waals surface area contributed by atoms with Crippen molar-refractivity contribution in [2.75, 3.05) is 28.4 Å². The highest BCUT2D eigenvalue weighted by molar-refractivity contribution is 6.07. The number of carbonyl (C=O) groups is 1. The lowest BCUT2D eigenvalue weighted by Gasteiger charge is -2.12. The second-order valence-electron chi connectivity index (χ2n) is 5.31. The highest BCUT2D eigenvalue weighted by Gasteiger charge is 2.11. The highest BCUT2D eigenvalue weighted by Crippen LogP contribution is 2.32. The molecule has 0 bridgehead atoms. The van der Waals surface area contributed by atoms with Gasteiger partial charge in [-0.15, -0.1) is 0 Å². The van der Waals surface area contributed by atoms with E-state index in [1.807, 2.05) is 19.1 Å². The van der Waals surface area contributed by atoms with Crippen LogP contribution in [-0.2, 0) is 0 Å². The number of carbonyl (C=O) groups excluding carboxylic acids is 1. The van der Waals surface area contributed by atoms with E-state index in [-0.39, 0.29) is 5.78 Å². The van der Waals surface area contributed by atoms with Crippen LogP contribution in [0.3, 0.4) is 0 Å². The summed E-state index contributed by atoms with van der Waals surface area (Å²) in [6.45, 7) is 1.91. The monoisotopic (exact) mass is 342 g/mol. The summed E-state index contributed by atoms with van der Waals surface area (Å²) in [7, 11) is 6.29. The second kappa shape index (κ2) is 8.24. The molecular weight excluding hydrogens is 320 g/mol. The maximum Gasteiger partial charge on any atom is 0.186 e. The van der Waals surface area contributed by atoms with Crippen molar-refractivity contribution in [2.24, 2.45) is 0 Å². The van der Waals surface area contributed by atoms with Gasteiger partial charge >= 0.3 is 0 Å². The molecule has 0 saturated heterocycles. The van der Waals surface area contributed by atoms with E-state index in [2.05, 4.69) is 0 Å². The number of hydrogen-bond acceptors (Lipinski definition) is 5. The molecule has 0 radical (unpaired) electrons. The van der Waals surface area contributed by atoms with Crippen LogP contribution in [0.1, 0.15) is 21.5 Å². The fourth-order valence-corrected chi connectivity index (χ4v) is 2.53. The molecule has 2 aromatic rings. The van der Waals surface area contributed by atoms with E-state index in [1.54, 1.807) is 52.7 Å². The molecule has 0 N–H and O–H groups in total. The first-order valence-electron chi connectivity index (χ1n) is 7.71. The Kier molecular flexibility index (Phi) is 6.06. The Bertz CT molecular complexity index is 771. The third-order valence-electron chi connectivity index (χ3n) is 3.86. The van der Waals surface area contributed by atoms with Crippen LogP contribution >= 0.6 is 0 Å². The number of rotatable bonds is 7. The number of hydrogen-bond donors (Lipinski definition) is 0. The van der Waals surface area contributed by atoms with Crippen LogP contribution in [0.25, 0.3) is 6.08 Å². The molecule has 25 heavy (non-hydrogen) atoms. The number of allylic oxidation sites excluding steroid dienone is 1. The van der Waals surface area contributed by atoms with E-state index in [0.717, 1.165) is 16.9 Å². The Labute approximate surface area is 147 Å². The first-order chi connectivity index (χ1) is 12.0. The van der Waals surface area contributed by atoms with Crippen LogP contribution in [0, 0.1) is 6.92 Å². The van der Waals surface area contributed by atoms with Crippen LogP contribution < -0.4 is 18.9 Å². The standard InChI is InChI=1S/C20H22O5/c1-13-19(24-4)9-7-14(20(13)25-5)6-8-18(21)15-10-16(22-2)12-17(11-15)23-3/h6-12H,1-5H3. The maximum atomic E-state index is 12.5. The summed E-state index contributed by atoms with van der Waals surface area (Å²) in [6.07, 6.45) is 3.22. The molecule has 0 amide bonds. The average molecular weight is 342 g/mol. The summed E-state index contributed by atoms with van der Waals surface area (Å²) in [4.78, 5) is 12.5. The Morgan fingerprint density at radius 2 is 1.52 bits per heavy atom. The van der Waals surface area contributed by atoms with Crippen molar-refractivity contribution >= 4 is 11.9 Å². The highest BCUT2D eigenvalue weighted by atomic mass is 16.5. The topological polar surface area (TPSA) is 54.0 Å². The molecule has 0 unspecified atom stereocenters. The van der Waals surface area contributed by atoms with Gasteiger partial charge in [0.05, 0.1) is 28.4 Å². The predicted molar refractivity (Wildman–Crippen MR) is 97.2 cm³/mol. The summed E-state index contributed by atoms with van der Waals surface area (Å²) < 4.78 is 21.1. The molecule has 5 nitrogen and oxygen atoms in total. The molecule has 0 atom stereocenters. The molecule has 0 aliphatic heterocycles. The minimum atomic E-state index is -0.160. The molecule has 0 aliphatic rings. The Morgan fingerprint density at radius 1 is 0.880 bits per heavy atom. The molecule has 2 aromatic carbocycles. The lowest BCUT2D eigenvalue weighted by Crippen LogP contribution is -1.98. The lowest BCUT2D eigenvalue weighted by molar-refractivity contribution is 0.104. The van der Waals surface area contributed by atoms with E-state index in [0.29, 0.717) is 22.8 Å². The zero-order valence-electron chi connectivity index (χ0n) is 15.1. The molecule has 0 fully saturated rings. The van der Waals surface area contributed by atoms with E-state index in [4.69, 9.17) is 18.9 Å². The first kappa shape index (κ1) is 18.4. The normalized spacial score (nSPS) is 10.6. The van der Waals surface area contributed by atoms with Crippen LogP contribution in [0.5, 0.6) is 23.0 Å². The number of ketones is 1. The van der Waals surface area contributed by atoms with Gasteiger partial charge in [-0.25, -0.2) is 0 Å². The number of methoxy groups -OCH3 is 4. The van der Waals surface area contributed by atoms with Crippen LogP contribution in [0.15, 0.2) is 36.4 Å². The molecule has 5 heteroatoms. The minimum Gasteiger partial charge on any atom is -0.497 e. The van der Waals surface area contributed by atoms with Crippen molar-refractivity contribution in [2.45, 2.75) is 6.92 Å². The van der Waals surface area contributed by atoms with Gasteiger partial charge in [0.1, 0.15) is 23.0 Å². The summed E-state index contributed by atoms with van der Waals surface area (Å²) in [5.74, 6) is 2.38. The average Bonchev–Trinajstić information content (AvgIpc) is 2.65. The molecule has 0 saturated carbocycles. The van der Waals surface area contributed by atoms with Crippen molar-refractivity contribution < 1.29 is 23.7 Å². The third-order valence-corrected chi connectivity index (χ3v) is 3.86. The van der Waals surface area contributed by atoms with Gasteiger partial charge in [-0.3, -0.25) is 4.79 Å². The van der Waals surface area contributed by atoms with Gasteiger partial charge in [0, 0.05) is 22.8 Å². The molecule has 0 spiro atoms. The van der Waals surface area contributed by atoms with Gasteiger partial charge in [0.15, 0.2) is 5.78 Å². The summed E-state index contributed by atoms with van der Waals surface area (Å²) in [6, 6.07) is 8.75. The van der Waals surface area contributed by atoms with E-state index in [9.17, 15) is 4.79 Å². The Balaban J connectivity index is 2.33. The SMILES string of the molecule is COc1cc(OC)cc(C(=O)C=Cc2ccc(OC)c(C)c2OC)c1. The number of benzene rings is 2. The molecule has 0 heterocycles. The van der Waals surface area contributed by atoms with Crippen LogP contribution in [0.2, 0.25) is 0 Å². The second-order valence-corrected chi connectivity index (χ2v) is 5.31. The van der Waals surface area contributed by atoms with Crippen molar-refractivity contribution in [3.63, 3.8) is 0 Å². The smallest absolute Gasteiger partial charge is 0.186 e. The van der Waals surface area contributed by atoms with Crippen LogP contribution in [0.4, 0.5) is 0 Å². The van der Waals surface area contributed by atoms with Crippen molar-refractivity contribution in [3.05, 3.63) is 53.1 Å². The summed E-state index contributed by atoms with van der Waals surface area (Å²) >= 11 is 0. The zero-order valence-corrected chi connectivity index (χ0v) is 15.1. The van der Waals surface area contributed by atoms with Crippen molar-refractivity contribution in [1.29, 1.82) is 0 Å². The largest absolute Gasteiger partial charge is 0.497 e. The molecule has 0 aliphatic carbocycles. The fraction of sp³-hybridized carbons (Fsp3) is 0.250. The Hall–Kier alpha value is -2.95. The quantitative estimate of drug-likeness (QED) is 0.564. The molecule has 2 rings (SSSR count). The molecular formula is C20H22O5. The van der Waals surface area contributed by atoms with Gasteiger partial charge in [-0.2, -0.15) is 0 Å². The zero-order chi connectivity index (χ0) is 18.4. The minimum absolute atomic E-state index is 0.160. The molecule has 132 valence electrons.